The van der Waals surface area contributed by atoms with Crippen molar-refractivity contribution in [2.45, 2.75) is 32.7 Å². The Morgan fingerprint density at radius 2 is 2.06 bits per heavy atom. The van der Waals surface area contributed by atoms with Crippen LogP contribution >= 0.6 is 11.6 Å². The number of hydrogen-bond acceptors (Lipinski definition) is 2. The summed E-state index contributed by atoms with van der Waals surface area (Å²) in [6.45, 7) is 5.95. The molecule has 0 aliphatic carbocycles. The number of nitrogens with one attached hydrogen (secondary N) is 1. The lowest BCUT2D eigenvalue weighted by Crippen LogP contribution is -2.28. The van der Waals surface area contributed by atoms with Crippen molar-refractivity contribution in [2.24, 2.45) is 0 Å². The lowest BCUT2D eigenvalue weighted by Gasteiger charge is -2.16. The molecule has 88 valence electrons. The summed E-state index contributed by atoms with van der Waals surface area (Å²) in [5.74, 6) is 0.984. The van der Waals surface area contributed by atoms with Crippen molar-refractivity contribution >= 4 is 11.6 Å². The third kappa shape index (κ3) is 2.69. The SMILES string of the molecule is Cc1cc(Cl)cc(C)c1OC[C@H]1CCCN1. The van der Waals surface area contributed by atoms with Crippen LogP contribution < -0.4 is 10.1 Å². The molecule has 1 fully saturated rings. The Balaban J connectivity index is 2.03. The summed E-state index contributed by atoms with van der Waals surface area (Å²) in [4.78, 5) is 0. The molecule has 1 heterocycles. The summed E-state index contributed by atoms with van der Waals surface area (Å²) in [5, 5.41) is 4.21. The van der Waals surface area contributed by atoms with Crippen LogP contribution in [0.5, 0.6) is 5.75 Å². The Labute approximate surface area is 102 Å². The normalized spacial score (nSPS) is 20.1. The first-order valence-corrected chi connectivity index (χ1v) is 6.17. The van der Waals surface area contributed by atoms with Crippen molar-refractivity contribution in [1.29, 1.82) is 0 Å². The molecule has 0 saturated carbocycles. The predicted molar refractivity (Wildman–Crippen MR) is 67.4 cm³/mol. The fourth-order valence-electron chi connectivity index (χ4n) is 2.21. The van der Waals surface area contributed by atoms with E-state index >= 15 is 0 Å². The van der Waals surface area contributed by atoms with Gasteiger partial charge in [-0.2, -0.15) is 0 Å². The van der Waals surface area contributed by atoms with Gasteiger partial charge in [0.2, 0.25) is 0 Å². The molecule has 1 aromatic rings. The van der Waals surface area contributed by atoms with E-state index in [1.807, 2.05) is 26.0 Å². The highest BCUT2D eigenvalue weighted by molar-refractivity contribution is 6.30. The van der Waals surface area contributed by atoms with Gasteiger partial charge in [0.25, 0.3) is 0 Å². The second-order valence-electron chi connectivity index (χ2n) is 4.47. The highest BCUT2D eigenvalue weighted by atomic mass is 35.5. The van der Waals surface area contributed by atoms with E-state index in [4.69, 9.17) is 16.3 Å². The fourth-order valence-corrected chi connectivity index (χ4v) is 2.54. The maximum atomic E-state index is 5.98. The molecule has 1 aliphatic heterocycles. The molecule has 0 bridgehead atoms. The molecule has 0 amide bonds. The largest absolute Gasteiger partial charge is 0.491 e. The van der Waals surface area contributed by atoms with Crippen LogP contribution in [0.25, 0.3) is 0 Å². The monoisotopic (exact) mass is 239 g/mol. The minimum absolute atomic E-state index is 0.509. The summed E-state index contributed by atoms with van der Waals surface area (Å²) in [6, 6.07) is 4.41. The Kier molecular flexibility index (Phi) is 3.72. The quantitative estimate of drug-likeness (QED) is 0.875. The van der Waals surface area contributed by atoms with Gasteiger partial charge in [0.15, 0.2) is 0 Å². The Hall–Kier alpha value is -0.730. The molecule has 0 unspecified atom stereocenters. The predicted octanol–water partition coefficient (Wildman–Crippen LogP) is 3.09. The molecule has 2 rings (SSSR count). The summed E-state index contributed by atoms with van der Waals surface area (Å²) >= 11 is 5.98. The molecule has 3 heteroatoms. The van der Waals surface area contributed by atoms with Crippen LogP contribution in [-0.4, -0.2) is 19.2 Å². The van der Waals surface area contributed by atoms with Crippen LogP contribution in [0.3, 0.4) is 0 Å². The molecule has 2 nitrogen and oxygen atoms in total. The van der Waals surface area contributed by atoms with Gasteiger partial charge in [-0.25, -0.2) is 0 Å². The van der Waals surface area contributed by atoms with E-state index in [1.165, 1.54) is 12.8 Å². The molecular weight excluding hydrogens is 222 g/mol. The van der Waals surface area contributed by atoms with E-state index in [0.717, 1.165) is 35.1 Å². The van der Waals surface area contributed by atoms with E-state index in [1.54, 1.807) is 0 Å². The molecule has 0 spiro atoms. The maximum absolute atomic E-state index is 5.98. The molecule has 1 N–H and O–H groups in total. The highest BCUT2D eigenvalue weighted by Crippen LogP contribution is 2.27. The number of aryl methyl sites for hydroxylation is 2. The first kappa shape index (κ1) is 11.7. The van der Waals surface area contributed by atoms with Crippen molar-refractivity contribution in [3.8, 4) is 5.75 Å². The number of halogens is 1. The van der Waals surface area contributed by atoms with Crippen molar-refractivity contribution < 1.29 is 4.74 Å². The average molecular weight is 240 g/mol. The van der Waals surface area contributed by atoms with Gasteiger partial charge in [-0.15, -0.1) is 0 Å². The van der Waals surface area contributed by atoms with Gasteiger partial charge in [-0.05, 0) is 56.5 Å². The van der Waals surface area contributed by atoms with Gasteiger partial charge in [-0.1, -0.05) is 11.6 Å². The lowest BCUT2D eigenvalue weighted by atomic mass is 10.1. The van der Waals surface area contributed by atoms with E-state index < -0.39 is 0 Å². The third-order valence-electron chi connectivity index (χ3n) is 3.02. The van der Waals surface area contributed by atoms with Gasteiger partial charge in [0.05, 0.1) is 0 Å². The smallest absolute Gasteiger partial charge is 0.125 e. The molecule has 16 heavy (non-hydrogen) atoms. The molecule has 0 radical (unpaired) electrons. The number of hydrogen-bond donors (Lipinski definition) is 1. The summed E-state index contributed by atoms with van der Waals surface area (Å²) in [5.41, 5.74) is 2.23. The van der Waals surface area contributed by atoms with Crippen molar-refractivity contribution in [1.82, 2.24) is 5.32 Å². The number of rotatable bonds is 3. The number of benzene rings is 1. The Morgan fingerprint density at radius 1 is 1.38 bits per heavy atom. The molecule has 1 saturated heterocycles. The van der Waals surface area contributed by atoms with Crippen LogP contribution in [0.4, 0.5) is 0 Å². The van der Waals surface area contributed by atoms with Gasteiger partial charge >= 0.3 is 0 Å². The van der Waals surface area contributed by atoms with Crippen LogP contribution in [0.1, 0.15) is 24.0 Å². The van der Waals surface area contributed by atoms with Crippen molar-refractivity contribution in [2.75, 3.05) is 13.2 Å². The van der Waals surface area contributed by atoms with E-state index in [9.17, 15) is 0 Å². The van der Waals surface area contributed by atoms with Gasteiger partial charge < -0.3 is 10.1 Å². The van der Waals surface area contributed by atoms with E-state index in [-0.39, 0.29) is 0 Å². The summed E-state index contributed by atoms with van der Waals surface area (Å²) in [6.07, 6.45) is 2.47. The minimum atomic E-state index is 0.509. The Bertz CT molecular complexity index is 349. The second-order valence-corrected chi connectivity index (χ2v) is 4.91. The Morgan fingerprint density at radius 3 is 2.62 bits per heavy atom. The van der Waals surface area contributed by atoms with Gasteiger partial charge in [-0.3, -0.25) is 0 Å². The first-order chi connectivity index (χ1) is 7.66. The summed E-state index contributed by atoms with van der Waals surface area (Å²) < 4.78 is 5.89. The average Bonchev–Trinajstić information content (AvgIpc) is 2.68. The standard InChI is InChI=1S/C13H18ClNO/c1-9-6-11(14)7-10(2)13(9)16-8-12-4-3-5-15-12/h6-7,12,15H,3-5,8H2,1-2H3/t12-/m1/s1. The third-order valence-corrected chi connectivity index (χ3v) is 3.23. The fraction of sp³-hybridized carbons (Fsp3) is 0.538. The van der Waals surface area contributed by atoms with Crippen LogP contribution in [0.15, 0.2) is 12.1 Å². The molecule has 0 aromatic heterocycles. The van der Waals surface area contributed by atoms with Crippen LogP contribution in [0, 0.1) is 13.8 Å². The summed E-state index contributed by atoms with van der Waals surface area (Å²) in [7, 11) is 0. The van der Waals surface area contributed by atoms with Crippen molar-refractivity contribution in [3.05, 3.63) is 28.3 Å². The minimum Gasteiger partial charge on any atom is -0.491 e. The molecule has 1 aromatic carbocycles. The van der Waals surface area contributed by atoms with Gasteiger partial charge in [0, 0.05) is 11.1 Å². The lowest BCUT2D eigenvalue weighted by molar-refractivity contribution is 0.274. The van der Waals surface area contributed by atoms with Crippen LogP contribution in [0.2, 0.25) is 5.02 Å². The van der Waals surface area contributed by atoms with Crippen LogP contribution in [-0.2, 0) is 0 Å². The maximum Gasteiger partial charge on any atom is 0.125 e. The highest BCUT2D eigenvalue weighted by Gasteiger charge is 2.15. The van der Waals surface area contributed by atoms with E-state index in [0.29, 0.717) is 6.04 Å². The van der Waals surface area contributed by atoms with Crippen molar-refractivity contribution in [3.63, 3.8) is 0 Å². The first-order valence-electron chi connectivity index (χ1n) is 5.80. The topological polar surface area (TPSA) is 21.3 Å². The zero-order chi connectivity index (χ0) is 11.5. The van der Waals surface area contributed by atoms with Gasteiger partial charge in [0.1, 0.15) is 12.4 Å². The molecule has 1 atom stereocenters. The molecular formula is C13H18ClNO. The zero-order valence-corrected chi connectivity index (χ0v) is 10.6. The second kappa shape index (κ2) is 5.07. The zero-order valence-electron chi connectivity index (χ0n) is 9.85. The molecule has 1 aliphatic rings. The van der Waals surface area contributed by atoms with E-state index in [2.05, 4.69) is 5.32 Å². The number of ether oxygens (including phenoxy) is 1.